The van der Waals surface area contributed by atoms with Crippen LogP contribution in [0, 0.1) is 35.3 Å². The lowest BCUT2D eigenvalue weighted by atomic mass is 9.49. The molecule has 0 radical (unpaired) electrons. The number of benzene rings is 3. The number of halogens is 3. The van der Waals surface area contributed by atoms with Gasteiger partial charge in [-0.1, -0.05) is 53.9 Å². The number of aliphatic carboxylic acids is 1. The number of carboxylic acid groups (broad SMARTS) is 1. The molecule has 0 spiro atoms. The number of fused-ring (bicyclic) bond motifs is 4. The fourth-order valence-corrected chi connectivity index (χ4v) is 8.90. The summed E-state index contributed by atoms with van der Waals surface area (Å²) in [5.41, 5.74) is 2.29. The van der Waals surface area contributed by atoms with Crippen molar-refractivity contribution in [1.82, 2.24) is 9.91 Å². The quantitative estimate of drug-likeness (QED) is 0.133. The fourth-order valence-electron chi connectivity index (χ4n) is 8.77. The Labute approximate surface area is 296 Å². The van der Waals surface area contributed by atoms with Gasteiger partial charge in [0.1, 0.15) is 5.82 Å². The fraction of sp³-hybridized carbons (Fsp3) is 0.342. The van der Waals surface area contributed by atoms with Crippen LogP contribution in [0.2, 0.25) is 5.02 Å². The summed E-state index contributed by atoms with van der Waals surface area (Å²) in [6, 6.07) is 15.4. The van der Waals surface area contributed by atoms with Gasteiger partial charge in [-0.2, -0.15) is 5.01 Å². The monoisotopic (exact) mass is 717 g/mol. The Morgan fingerprint density at radius 2 is 1.63 bits per heavy atom. The first-order valence-corrected chi connectivity index (χ1v) is 17.2. The number of imide groups is 2. The summed E-state index contributed by atoms with van der Waals surface area (Å²) in [5, 5.41) is 21.5. The summed E-state index contributed by atoms with van der Waals surface area (Å²) in [6.45, 7) is 0.116. The minimum atomic E-state index is -1.76. The molecule has 51 heavy (non-hydrogen) atoms. The number of hydrogen-bond donors (Lipinski definition) is 3. The minimum absolute atomic E-state index is 0.0140. The summed E-state index contributed by atoms with van der Waals surface area (Å²) in [4.78, 5) is 69.7. The van der Waals surface area contributed by atoms with E-state index in [-0.39, 0.29) is 43.0 Å². The molecule has 2 aliphatic heterocycles. The lowest BCUT2D eigenvalue weighted by molar-refractivity contribution is -0.141. The number of anilines is 1. The van der Waals surface area contributed by atoms with E-state index in [0.29, 0.717) is 35.4 Å². The van der Waals surface area contributed by atoms with Crippen molar-refractivity contribution < 1.29 is 43.0 Å². The van der Waals surface area contributed by atoms with Crippen LogP contribution in [-0.4, -0.2) is 56.3 Å². The van der Waals surface area contributed by atoms with Crippen molar-refractivity contribution in [3.8, 4) is 5.75 Å². The molecule has 1 saturated carbocycles. The Bertz CT molecular complexity index is 1970. The molecule has 0 bridgehead atoms. The van der Waals surface area contributed by atoms with Gasteiger partial charge in [-0.15, -0.1) is 0 Å². The number of allylic oxidation sites excluding steroid dienone is 2. The Morgan fingerprint density at radius 3 is 2.33 bits per heavy atom. The number of rotatable bonds is 10. The zero-order chi connectivity index (χ0) is 36.2. The van der Waals surface area contributed by atoms with Crippen molar-refractivity contribution >= 4 is 46.9 Å². The summed E-state index contributed by atoms with van der Waals surface area (Å²) in [7, 11) is 0. The van der Waals surface area contributed by atoms with Crippen molar-refractivity contribution in [2.45, 2.75) is 49.9 Å². The number of nitrogens with one attached hydrogen (secondary N) is 1. The molecule has 3 aromatic carbocycles. The maximum atomic E-state index is 15.2. The predicted molar refractivity (Wildman–Crippen MR) is 180 cm³/mol. The van der Waals surface area contributed by atoms with Gasteiger partial charge < -0.3 is 10.2 Å². The standard InChI is InChI=1S/C38H34ClF2N3O7/c39-21-10-8-20(9-11-21)38-28(35(49)44(37(38)51)42-23-14-12-22(40)13-15-23)19-27-24(32(38)26-5-4-6-29(41)33(26)47)16-17-25-31(27)36(50)43(34(25)48)18-3-1-2-7-30(45)46/h4-6,8-16,25,27-28,31-32,42,47H,1-3,7,17-19H2,(H,45,46)/t25-,27+,28-,31-,32+,38+/m0/s1. The van der Waals surface area contributed by atoms with Gasteiger partial charge in [-0.3, -0.25) is 34.3 Å². The van der Waals surface area contributed by atoms with Gasteiger partial charge in [0.2, 0.25) is 11.8 Å². The maximum absolute atomic E-state index is 15.2. The Morgan fingerprint density at radius 1 is 0.902 bits per heavy atom. The van der Waals surface area contributed by atoms with E-state index in [4.69, 9.17) is 16.7 Å². The van der Waals surface area contributed by atoms with Crippen molar-refractivity contribution in [3.05, 3.63) is 106 Å². The SMILES string of the molecule is O=C(O)CCCCCN1C(=O)[C@H]2[C@H](CC=C3[C@H]2C[C@H]2C(=O)N(Nc4ccc(F)cc4)C(=O)[C@@]2(c2ccc(Cl)cc2)[C@H]3c2cccc(F)c2O)C1=O. The molecule has 3 N–H and O–H groups in total. The van der Waals surface area contributed by atoms with Crippen LogP contribution in [-0.2, 0) is 29.4 Å². The first-order valence-electron chi connectivity index (χ1n) is 16.9. The van der Waals surface area contributed by atoms with E-state index in [1.165, 1.54) is 41.3 Å². The molecule has 2 heterocycles. The first kappa shape index (κ1) is 34.4. The Balaban J connectivity index is 1.35. The number of carbonyl (C=O) groups is 5. The third-order valence-electron chi connectivity index (χ3n) is 10.9. The molecule has 4 amide bonds. The highest BCUT2D eigenvalue weighted by Gasteiger charge is 2.70. The number of hydrazine groups is 1. The number of aromatic hydroxyl groups is 1. The highest BCUT2D eigenvalue weighted by molar-refractivity contribution is 6.30. The van der Waals surface area contributed by atoms with Gasteiger partial charge >= 0.3 is 5.97 Å². The van der Waals surface area contributed by atoms with Crippen LogP contribution in [0.15, 0.2) is 78.4 Å². The average molecular weight is 718 g/mol. The molecule has 2 saturated heterocycles. The Kier molecular flexibility index (Phi) is 8.91. The van der Waals surface area contributed by atoms with Gasteiger partial charge in [-0.05, 0) is 79.6 Å². The molecular formula is C38H34ClF2N3O7. The first-order chi connectivity index (χ1) is 24.4. The predicted octanol–water partition coefficient (Wildman–Crippen LogP) is 5.95. The van der Waals surface area contributed by atoms with E-state index >= 15 is 9.18 Å². The normalized spacial score (nSPS) is 26.9. The van der Waals surface area contributed by atoms with E-state index in [9.17, 15) is 28.7 Å². The van der Waals surface area contributed by atoms with E-state index in [0.717, 1.165) is 11.1 Å². The zero-order valence-corrected chi connectivity index (χ0v) is 28.0. The minimum Gasteiger partial charge on any atom is -0.505 e. The number of para-hydroxylation sites is 1. The maximum Gasteiger partial charge on any atom is 0.303 e. The van der Waals surface area contributed by atoms with E-state index in [2.05, 4.69) is 5.43 Å². The highest BCUT2D eigenvalue weighted by Crippen LogP contribution is 2.65. The number of amides is 4. The summed E-state index contributed by atoms with van der Waals surface area (Å²) in [5.74, 6) is -9.84. The number of phenols is 1. The Hall–Kier alpha value is -5.10. The van der Waals surface area contributed by atoms with Crippen LogP contribution in [0.1, 0.15) is 55.6 Å². The van der Waals surface area contributed by atoms with Gasteiger partial charge in [-0.25, -0.2) is 8.78 Å². The molecule has 6 atom stereocenters. The van der Waals surface area contributed by atoms with Crippen molar-refractivity contribution in [1.29, 1.82) is 0 Å². The second kappa shape index (κ2) is 13.2. The third kappa shape index (κ3) is 5.56. The molecule has 13 heteroatoms. The van der Waals surface area contributed by atoms with E-state index < -0.39 is 76.1 Å². The third-order valence-corrected chi connectivity index (χ3v) is 11.2. The molecular weight excluding hydrogens is 684 g/mol. The summed E-state index contributed by atoms with van der Waals surface area (Å²) >= 11 is 6.28. The van der Waals surface area contributed by atoms with Crippen LogP contribution < -0.4 is 5.43 Å². The molecule has 264 valence electrons. The van der Waals surface area contributed by atoms with Crippen LogP contribution in [0.5, 0.6) is 5.75 Å². The molecule has 10 nitrogen and oxygen atoms in total. The van der Waals surface area contributed by atoms with Gasteiger partial charge in [0.15, 0.2) is 11.6 Å². The van der Waals surface area contributed by atoms with Crippen LogP contribution in [0.4, 0.5) is 14.5 Å². The topological polar surface area (TPSA) is 144 Å². The van der Waals surface area contributed by atoms with Crippen LogP contribution >= 0.6 is 11.6 Å². The van der Waals surface area contributed by atoms with E-state index in [1.807, 2.05) is 0 Å². The molecule has 2 aliphatic carbocycles. The number of nitrogens with zero attached hydrogens (tertiary/aromatic N) is 2. The summed E-state index contributed by atoms with van der Waals surface area (Å²) < 4.78 is 29.0. The number of likely N-dealkylation sites (tertiary alicyclic amines) is 1. The lowest BCUT2D eigenvalue weighted by Crippen LogP contribution is -2.53. The zero-order valence-electron chi connectivity index (χ0n) is 27.2. The number of hydrogen-bond acceptors (Lipinski definition) is 7. The molecule has 4 aliphatic rings. The average Bonchev–Trinajstić information content (AvgIpc) is 3.47. The molecule has 3 aromatic rings. The number of carboxylic acids is 1. The van der Waals surface area contributed by atoms with Gasteiger partial charge in [0.05, 0.1) is 28.9 Å². The molecule has 0 unspecified atom stereocenters. The summed E-state index contributed by atoms with van der Waals surface area (Å²) in [6.07, 6.45) is 3.24. The van der Waals surface area contributed by atoms with Crippen LogP contribution in [0.3, 0.4) is 0 Å². The van der Waals surface area contributed by atoms with Gasteiger partial charge in [0.25, 0.3) is 11.8 Å². The second-order valence-electron chi connectivity index (χ2n) is 13.6. The highest BCUT2D eigenvalue weighted by atomic mass is 35.5. The van der Waals surface area contributed by atoms with Crippen molar-refractivity contribution in [2.75, 3.05) is 12.0 Å². The molecule has 0 aromatic heterocycles. The molecule has 3 fully saturated rings. The van der Waals surface area contributed by atoms with Gasteiger partial charge in [0, 0.05) is 29.5 Å². The smallest absolute Gasteiger partial charge is 0.303 e. The second-order valence-corrected chi connectivity index (χ2v) is 14.0. The number of phenolic OH excluding ortho intramolecular Hbond substituents is 1. The van der Waals surface area contributed by atoms with Crippen molar-refractivity contribution in [2.24, 2.45) is 23.7 Å². The largest absolute Gasteiger partial charge is 0.505 e. The lowest BCUT2D eigenvalue weighted by Gasteiger charge is -2.50. The number of unbranched alkanes of at least 4 members (excludes halogenated alkanes) is 2. The van der Waals surface area contributed by atoms with E-state index in [1.54, 1.807) is 30.3 Å². The number of carbonyl (C=O) groups excluding carboxylic acids is 4. The molecule has 7 rings (SSSR count). The van der Waals surface area contributed by atoms with Crippen molar-refractivity contribution in [3.63, 3.8) is 0 Å². The van der Waals surface area contributed by atoms with Crippen LogP contribution in [0.25, 0.3) is 0 Å².